The van der Waals surface area contributed by atoms with Gasteiger partial charge in [-0.05, 0) is 30.8 Å². The quantitative estimate of drug-likeness (QED) is 0.781. The molecule has 0 aliphatic heterocycles. The molecule has 0 spiro atoms. The van der Waals surface area contributed by atoms with Crippen LogP contribution in [0.25, 0.3) is 11.0 Å². The van der Waals surface area contributed by atoms with Crippen LogP contribution < -0.4 is 5.32 Å². The lowest BCUT2D eigenvalue weighted by atomic mass is 10.1. The monoisotopic (exact) mass is 292 g/mol. The number of thiazole rings is 1. The van der Waals surface area contributed by atoms with Gasteiger partial charge in [-0.25, -0.2) is 4.98 Å². The minimum absolute atomic E-state index is 0.0116. The van der Waals surface area contributed by atoms with Gasteiger partial charge in [-0.3, -0.25) is 0 Å². The molecule has 2 heterocycles. The topological polar surface area (TPSA) is 38.1 Å². The van der Waals surface area contributed by atoms with Crippen molar-refractivity contribution in [2.75, 3.05) is 6.54 Å². The number of nitrogens with zero attached hydrogens (tertiary/aromatic N) is 1. The van der Waals surface area contributed by atoms with E-state index >= 15 is 0 Å². The van der Waals surface area contributed by atoms with Crippen LogP contribution in [-0.4, -0.2) is 11.5 Å². The van der Waals surface area contributed by atoms with Crippen LogP contribution in [0, 0.1) is 0 Å². The van der Waals surface area contributed by atoms with Gasteiger partial charge in [0.05, 0.1) is 11.2 Å². The van der Waals surface area contributed by atoms with Gasteiger partial charge in [0.1, 0.15) is 17.4 Å². The average molecular weight is 293 g/mol. The number of halogens is 1. The van der Waals surface area contributed by atoms with Gasteiger partial charge in [0.15, 0.2) is 0 Å². The molecule has 1 N–H and O–H groups in total. The molecule has 3 rings (SSSR count). The Morgan fingerprint density at radius 1 is 1.42 bits per heavy atom. The first-order valence-electron chi connectivity index (χ1n) is 6.08. The number of rotatable bonds is 4. The largest absolute Gasteiger partial charge is 0.459 e. The highest BCUT2D eigenvalue weighted by atomic mass is 35.5. The lowest BCUT2D eigenvalue weighted by Crippen LogP contribution is -2.21. The molecule has 0 fully saturated rings. The fourth-order valence-corrected chi connectivity index (χ4v) is 2.86. The summed E-state index contributed by atoms with van der Waals surface area (Å²) in [7, 11) is 0. The Bertz CT molecular complexity index is 678. The van der Waals surface area contributed by atoms with Crippen LogP contribution in [0.4, 0.5) is 0 Å². The zero-order valence-corrected chi connectivity index (χ0v) is 12.0. The lowest BCUT2D eigenvalue weighted by molar-refractivity contribution is 0.472. The van der Waals surface area contributed by atoms with Crippen molar-refractivity contribution in [3.05, 3.63) is 51.6 Å². The molecule has 1 unspecified atom stereocenters. The minimum atomic E-state index is -0.0116. The van der Waals surface area contributed by atoms with E-state index in [0.29, 0.717) is 5.02 Å². The standard InChI is InChI=1S/C14H13ClN2OS/c1-2-16-14(11-7-19-8-17-11)13-6-9-5-10(15)3-4-12(9)18-13/h3-8,14,16H,2H2,1H3. The van der Waals surface area contributed by atoms with Crippen LogP contribution in [0.1, 0.15) is 24.4 Å². The van der Waals surface area contributed by atoms with Crippen molar-refractivity contribution >= 4 is 33.9 Å². The molecule has 2 aromatic heterocycles. The first-order valence-corrected chi connectivity index (χ1v) is 7.40. The van der Waals surface area contributed by atoms with Gasteiger partial charge in [-0.1, -0.05) is 18.5 Å². The summed E-state index contributed by atoms with van der Waals surface area (Å²) in [6.45, 7) is 2.92. The third-order valence-electron chi connectivity index (χ3n) is 2.94. The summed E-state index contributed by atoms with van der Waals surface area (Å²) >= 11 is 7.58. The third kappa shape index (κ3) is 2.52. The van der Waals surface area contributed by atoms with E-state index in [1.54, 1.807) is 11.3 Å². The van der Waals surface area contributed by atoms with Crippen LogP contribution in [0.3, 0.4) is 0 Å². The fraction of sp³-hybridized carbons (Fsp3) is 0.214. The molecule has 19 heavy (non-hydrogen) atoms. The molecule has 3 nitrogen and oxygen atoms in total. The smallest absolute Gasteiger partial charge is 0.134 e. The molecule has 3 aromatic rings. The second-order valence-corrected chi connectivity index (χ2v) is 5.39. The summed E-state index contributed by atoms with van der Waals surface area (Å²) in [4.78, 5) is 4.37. The van der Waals surface area contributed by atoms with E-state index in [-0.39, 0.29) is 6.04 Å². The number of benzene rings is 1. The maximum Gasteiger partial charge on any atom is 0.134 e. The minimum Gasteiger partial charge on any atom is -0.459 e. The molecular weight excluding hydrogens is 280 g/mol. The third-order valence-corrected chi connectivity index (χ3v) is 3.78. The zero-order chi connectivity index (χ0) is 13.2. The highest BCUT2D eigenvalue weighted by Crippen LogP contribution is 2.29. The summed E-state index contributed by atoms with van der Waals surface area (Å²) in [6.07, 6.45) is 0. The summed E-state index contributed by atoms with van der Waals surface area (Å²) < 4.78 is 5.91. The molecule has 5 heteroatoms. The van der Waals surface area contributed by atoms with Gasteiger partial charge < -0.3 is 9.73 Å². The van der Waals surface area contributed by atoms with Crippen molar-refractivity contribution in [2.24, 2.45) is 0 Å². The highest BCUT2D eigenvalue weighted by Gasteiger charge is 2.19. The highest BCUT2D eigenvalue weighted by molar-refractivity contribution is 7.07. The van der Waals surface area contributed by atoms with E-state index in [4.69, 9.17) is 16.0 Å². The summed E-state index contributed by atoms with van der Waals surface area (Å²) in [6, 6.07) is 7.65. The average Bonchev–Trinajstić information content (AvgIpc) is 3.04. The second kappa shape index (κ2) is 5.33. The molecular formula is C14H13ClN2OS. The van der Waals surface area contributed by atoms with E-state index in [0.717, 1.165) is 29.0 Å². The van der Waals surface area contributed by atoms with Crippen LogP contribution in [0.5, 0.6) is 0 Å². The first kappa shape index (κ1) is 12.7. The lowest BCUT2D eigenvalue weighted by Gasteiger charge is -2.12. The van der Waals surface area contributed by atoms with Crippen LogP contribution in [0.2, 0.25) is 5.02 Å². The van der Waals surface area contributed by atoms with E-state index in [2.05, 4.69) is 17.2 Å². The molecule has 0 aliphatic carbocycles. The van der Waals surface area contributed by atoms with Crippen LogP contribution in [0.15, 0.2) is 39.6 Å². The molecule has 0 saturated heterocycles. The molecule has 0 bridgehead atoms. The Kier molecular flexibility index (Phi) is 3.55. The number of nitrogens with one attached hydrogen (secondary N) is 1. The number of hydrogen-bond donors (Lipinski definition) is 1. The van der Waals surface area contributed by atoms with Crippen molar-refractivity contribution in [1.29, 1.82) is 0 Å². The molecule has 1 atom stereocenters. The molecule has 0 aliphatic rings. The Labute approximate surface area is 120 Å². The molecule has 0 amide bonds. The van der Waals surface area contributed by atoms with E-state index in [9.17, 15) is 0 Å². The number of hydrogen-bond acceptors (Lipinski definition) is 4. The van der Waals surface area contributed by atoms with Gasteiger partial charge in [0.25, 0.3) is 0 Å². The summed E-state index contributed by atoms with van der Waals surface area (Å²) in [5.74, 6) is 0.866. The van der Waals surface area contributed by atoms with Crippen molar-refractivity contribution < 1.29 is 4.42 Å². The van der Waals surface area contributed by atoms with Crippen molar-refractivity contribution in [3.8, 4) is 0 Å². The number of aromatic nitrogens is 1. The van der Waals surface area contributed by atoms with E-state index < -0.39 is 0 Å². The fourth-order valence-electron chi connectivity index (χ4n) is 2.10. The second-order valence-electron chi connectivity index (χ2n) is 4.23. The van der Waals surface area contributed by atoms with Gasteiger partial charge in [-0.2, -0.15) is 0 Å². The molecule has 0 saturated carbocycles. The molecule has 98 valence electrons. The Balaban J connectivity index is 2.05. The maximum absolute atomic E-state index is 6.00. The summed E-state index contributed by atoms with van der Waals surface area (Å²) in [5.41, 5.74) is 3.66. The maximum atomic E-state index is 6.00. The predicted molar refractivity (Wildman–Crippen MR) is 78.9 cm³/mol. The predicted octanol–water partition coefficient (Wildman–Crippen LogP) is 4.24. The number of fused-ring (bicyclic) bond motifs is 1. The van der Waals surface area contributed by atoms with Crippen LogP contribution >= 0.6 is 22.9 Å². The summed E-state index contributed by atoms with van der Waals surface area (Å²) in [5, 5.41) is 7.16. The van der Waals surface area contributed by atoms with Crippen molar-refractivity contribution in [3.63, 3.8) is 0 Å². The Morgan fingerprint density at radius 2 is 2.32 bits per heavy atom. The molecule has 0 radical (unpaired) electrons. The van der Waals surface area contributed by atoms with E-state index in [1.807, 2.05) is 35.2 Å². The van der Waals surface area contributed by atoms with Gasteiger partial charge >= 0.3 is 0 Å². The van der Waals surface area contributed by atoms with Gasteiger partial charge in [0, 0.05) is 15.8 Å². The normalized spacial score (nSPS) is 12.9. The SMILES string of the molecule is CCNC(c1cscn1)c1cc2cc(Cl)ccc2o1. The Hall–Kier alpha value is -1.36. The Morgan fingerprint density at radius 3 is 3.05 bits per heavy atom. The van der Waals surface area contributed by atoms with Crippen molar-refractivity contribution in [2.45, 2.75) is 13.0 Å². The van der Waals surface area contributed by atoms with Crippen LogP contribution in [-0.2, 0) is 0 Å². The molecule has 1 aromatic carbocycles. The van der Waals surface area contributed by atoms with Gasteiger partial charge in [-0.15, -0.1) is 11.3 Å². The zero-order valence-electron chi connectivity index (χ0n) is 10.4. The van der Waals surface area contributed by atoms with E-state index in [1.165, 1.54) is 0 Å². The first-order chi connectivity index (χ1) is 9.28. The number of furan rings is 1. The van der Waals surface area contributed by atoms with Crippen molar-refractivity contribution in [1.82, 2.24) is 10.3 Å². The van der Waals surface area contributed by atoms with Gasteiger partial charge in [0.2, 0.25) is 0 Å².